The van der Waals surface area contributed by atoms with Gasteiger partial charge in [0.25, 0.3) is 0 Å². The summed E-state index contributed by atoms with van der Waals surface area (Å²) < 4.78 is 0. The number of halogens is 2. The number of carbonyl (C=O) groups is 1. The van der Waals surface area contributed by atoms with Gasteiger partial charge in [-0.15, -0.1) is 0 Å². The third kappa shape index (κ3) is 2.24. The summed E-state index contributed by atoms with van der Waals surface area (Å²) in [6.45, 7) is 0. The van der Waals surface area contributed by atoms with Crippen molar-refractivity contribution in [1.29, 1.82) is 0 Å². The van der Waals surface area contributed by atoms with Crippen LogP contribution in [0.2, 0.25) is 10.0 Å². The normalized spacial score (nSPS) is 10.9. The SMILES string of the molecule is O=C(O)c1ccc(-c2nc3c(Cl)cc(Cl)cc3[nH]2)cc1. The summed E-state index contributed by atoms with van der Waals surface area (Å²) in [6.07, 6.45) is 0. The molecule has 0 bridgehead atoms. The number of nitrogens with zero attached hydrogens (tertiary/aromatic N) is 1. The molecular formula is C14H8Cl2N2O2. The molecule has 20 heavy (non-hydrogen) atoms. The van der Waals surface area contributed by atoms with Crippen molar-refractivity contribution >= 4 is 40.2 Å². The molecule has 0 spiro atoms. The molecular weight excluding hydrogens is 299 g/mol. The fraction of sp³-hybridized carbons (Fsp3) is 0. The summed E-state index contributed by atoms with van der Waals surface area (Å²) in [5.74, 6) is -0.350. The Balaban J connectivity index is 2.10. The second-order valence-corrected chi connectivity index (χ2v) is 5.10. The average Bonchev–Trinajstić information content (AvgIpc) is 2.83. The molecule has 0 saturated carbocycles. The molecule has 6 heteroatoms. The van der Waals surface area contributed by atoms with Gasteiger partial charge in [-0.2, -0.15) is 0 Å². The molecule has 0 atom stereocenters. The zero-order valence-electron chi connectivity index (χ0n) is 10.0. The number of imidazole rings is 1. The van der Waals surface area contributed by atoms with E-state index in [9.17, 15) is 4.79 Å². The van der Waals surface area contributed by atoms with Crippen molar-refractivity contribution in [1.82, 2.24) is 9.97 Å². The molecule has 4 nitrogen and oxygen atoms in total. The highest BCUT2D eigenvalue weighted by Crippen LogP contribution is 2.29. The topological polar surface area (TPSA) is 66.0 Å². The molecule has 0 aliphatic heterocycles. The zero-order valence-corrected chi connectivity index (χ0v) is 11.5. The first-order valence-electron chi connectivity index (χ1n) is 5.73. The maximum atomic E-state index is 10.8. The number of nitrogens with one attached hydrogen (secondary N) is 1. The van der Waals surface area contributed by atoms with Crippen LogP contribution in [0, 0.1) is 0 Å². The van der Waals surface area contributed by atoms with Gasteiger partial charge in [0.15, 0.2) is 0 Å². The fourth-order valence-electron chi connectivity index (χ4n) is 1.95. The third-order valence-electron chi connectivity index (χ3n) is 2.91. The van der Waals surface area contributed by atoms with Crippen LogP contribution in [-0.2, 0) is 0 Å². The van der Waals surface area contributed by atoms with E-state index in [0.29, 0.717) is 21.4 Å². The van der Waals surface area contributed by atoms with E-state index in [0.717, 1.165) is 11.1 Å². The van der Waals surface area contributed by atoms with E-state index in [2.05, 4.69) is 9.97 Å². The van der Waals surface area contributed by atoms with Crippen LogP contribution in [-0.4, -0.2) is 21.0 Å². The second kappa shape index (κ2) is 4.81. The van der Waals surface area contributed by atoms with E-state index < -0.39 is 5.97 Å². The zero-order chi connectivity index (χ0) is 14.3. The van der Waals surface area contributed by atoms with Gasteiger partial charge < -0.3 is 10.1 Å². The lowest BCUT2D eigenvalue weighted by Gasteiger charge is -1.97. The summed E-state index contributed by atoms with van der Waals surface area (Å²) in [5.41, 5.74) is 2.37. The van der Waals surface area contributed by atoms with Crippen LogP contribution in [0.3, 0.4) is 0 Å². The summed E-state index contributed by atoms with van der Waals surface area (Å²) in [6, 6.07) is 9.81. The standard InChI is InChI=1S/C14H8Cl2N2O2/c15-9-5-10(16)12-11(6-9)17-13(18-12)7-1-3-8(4-2-7)14(19)20/h1-6H,(H,17,18)(H,19,20). The van der Waals surface area contributed by atoms with Crippen molar-refractivity contribution in [2.75, 3.05) is 0 Å². The van der Waals surface area contributed by atoms with Gasteiger partial charge in [0, 0.05) is 10.6 Å². The Morgan fingerprint density at radius 2 is 1.85 bits per heavy atom. The minimum absolute atomic E-state index is 0.228. The Labute approximate surface area is 124 Å². The van der Waals surface area contributed by atoms with E-state index in [1.807, 2.05) is 0 Å². The van der Waals surface area contributed by atoms with Gasteiger partial charge in [0.1, 0.15) is 11.3 Å². The van der Waals surface area contributed by atoms with Gasteiger partial charge >= 0.3 is 5.97 Å². The minimum atomic E-state index is -0.962. The number of hydrogen-bond acceptors (Lipinski definition) is 2. The second-order valence-electron chi connectivity index (χ2n) is 4.25. The van der Waals surface area contributed by atoms with Crippen molar-refractivity contribution < 1.29 is 9.90 Å². The number of carboxylic acid groups (broad SMARTS) is 1. The number of H-pyrrole nitrogens is 1. The number of benzene rings is 2. The molecule has 0 saturated heterocycles. The van der Waals surface area contributed by atoms with E-state index in [-0.39, 0.29) is 5.56 Å². The third-order valence-corrected chi connectivity index (χ3v) is 3.42. The Kier molecular flexibility index (Phi) is 3.12. The molecule has 0 unspecified atom stereocenters. The summed E-state index contributed by atoms with van der Waals surface area (Å²) in [7, 11) is 0. The summed E-state index contributed by atoms with van der Waals surface area (Å²) in [4.78, 5) is 18.3. The van der Waals surface area contributed by atoms with Gasteiger partial charge in [-0.25, -0.2) is 9.78 Å². The highest BCUT2D eigenvalue weighted by molar-refractivity contribution is 6.38. The maximum Gasteiger partial charge on any atom is 0.335 e. The number of hydrogen-bond donors (Lipinski definition) is 2. The monoisotopic (exact) mass is 306 g/mol. The first kappa shape index (κ1) is 13.0. The van der Waals surface area contributed by atoms with Crippen molar-refractivity contribution in [2.45, 2.75) is 0 Å². The van der Waals surface area contributed by atoms with Crippen LogP contribution < -0.4 is 0 Å². The fourth-order valence-corrected chi connectivity index (χ4v) is 2.49. The van der Waals surface area contributed by atoms with Crippen LogP contribution in [0.15, 0.2) is 36.4 Å². The summed E-state index contributed by atoms with van der Waals surface area (Å²) >= 11 is 12.0. The first-order chi connectivity index (χ1) is 9.54. The molecule has 1 aromatic heterocycles. The van der Waals surface area contributed by atoms with Crippen LogP contribution in [0.25, 0.3) is 22.4 Å². The van der Waals surface area contributed by atoms with E-state index in [4.69, 9.17) is 28.3 Å². The molecule has 0 aliphatic rings. The van der Waals surface area contributed by atoms with Crippen molar-refractivity contribution in [3.05, 3.63) is 52.0 Å². The van der Waals surface area contributed by atoms with Crippen molar-refractivity contribution in [3.8, 4) is 11.4 Å². The Morgan fingerprint density at radius 1 is 1.15 bits per heavy atom. The smallest absolute Gasteiger partial charge is 0.335 e. The molecule has 1 heterocycles. The van der Waals surface area contributed by atoms with Gasteiger partial charge in [-0.05, 0) is 24.3 Å². The number of aromatic carboxylic acids is 1. The molecule has 0 radical (unpaired) electrons. The molecule has 2 N–H and O–H groups in total. The van der Waals surface area contributed by atoms with E-state index >= 15 is 0 Å². The van der Waals surface area contributed by atoms with Gasteiger partial charge in [0.05, 0.1) is 16.1 Å². The summed E-state index contributed by atoms with van der Waals surface area (Å²) in [5, 5.41) is 9.87. The number of rotatable bonds is 2. The molecule has 0 amide bonds. The van der Waals surface area contributed by atoms with Gasteiger partial charge in [0.2, 0.25) is 0 Å². The van der Waals surface area contributed by atoms with Crippen LogP contribution in [0.4, 0.5) is 0 Å². The predicted octanol–water partition coefficient (Wildman–Crippen LogP) is 4.23. The average molecular weight is 307 g/mol. The number of aromatic amines is 1. The Bertz CT molecular complexity index is 810. The number of fused-ring (bicyclic) bond motifs is 1. The molecule has 0 fully saturated rings. The lowest BCUT2D eigenvalue weighted by Crippen LogP contribution is -1.95. The number of aromatic nitrogens is 2. The Morgan fingerprint density at radius 3 is 2.50 bits per heavy atom. The molecule has 100 valence electrons. The highest BCUT2D eigenvalue weighted by Gasteiger charge is 2.10. The van der Waals surface area contributed by atoms with Crippen molar-refractivity contribution in [3.63, 3.8) is 0 Å². The Hall–Kier alpha value is -2.04. The minimum Gasteiger partial charge on any atom is -0.478 e. The largest absolute Gasteiger partial charge is 0.478 e. The molecule has 3 aromatic rings. The number of carboxylic acids is 1. The quantitative estimate of drug-likeness (QED) is 0.744. The lowest BCUT2D eigenvalue weighted by atomic mass is 10.1. The lowest BCUT2D eigenvalue weighted by molar-refractivity contribution is 0.0697. The first-order valence-corrected chi connectivity index (χ1v) is 6.48. The van der Waals surface area contributed by atoms with Gasteiger partial charge in [-0.3, -0.25) is 0 Å². The van der Waals surface area contributed by atoms with Crippen molar-refractivity contribution in [2.24, 2.45) is 0 Å². The van der Waals surface area contributed by atoms with Crippen LogP contribution in [0.1, 0.15) is 10.4 Å². The molecule has 2 aromatic carbocycles. The van der Waals surface area contributed by atoms with Crippen LogP contribution in [0.5, 0.6) is 0 Å². The van der Waals surface area contributed by atoms with Crippen LogP contribution >= 0.6 is 23.2 Å². The van der Waals surface area contributed by atoms with E-state index in [1.54, 1.807) is 24.3 Å². The maximum absolute atomic E-state index is 10.8. The molecule has 3 rings (SSSR count). The van der Waals surface area contributed by atoms with E-state index in [1.165, 1.54) is 12.1 Å². The predicted molar refractivity (Wildman–Crippen MR) is 78.5 cm³/mol. The van der Waals surface area contributed by atoms with Gasteiger partial charge in [-0.1, -0.05) is 35.3 Å². The highest BCUT2D eigenvalue weighted by atomic mass is 35.5. The molecule has 0 aliphatic carbocycles.